The number of nitrogen functional groups attached to an aromatic ring is 1. The largest absolute Gasteiger partial charge is 0.382 e. The molecule has 0 aliphatic rings. The van der Waals surface area contributed by atoms with Gasteiger partial charge in [-0.2, -0.15) is 0 Å². The topological polar surface area (TPSA) is 128 Å². The molecule has 5 aromatic rings. The Balaban J connectivity index is 0.000000192. The number of aryl methyl sites for hydroxylation is 1. The van der Waals surface area contributed by atoms with Crippen molar-refractivity contribution in [2.24, 2.45) is 0 Å². The summed E-state index contributed by atoms with van der Waals surface area (Å²) in [5, 5.41) is 0.645. The zero-order valence-electron chi connectivity index (χ0n) is 16.3. The maximum absolute atomic E-state index is 13.4. The molecule has 1 aromatic carbocycles. The van der Waals surface area contributed by atoms with Gasteiger partial charge in [-0.3, -0.25) is 14.3 Å². The van der Waals surface area contributed by atoms with Crippen LogP contribution in [0.1, 0.15) is 12.7 Å². The first-order valence-corrected chi connectivity index (χ1v) is 9.58. The molecule has 0 atom stereocenters. The van der Waals surface area contributed by atoms with E-state index < -0.39 is 5.82 Å². The van der Waals surface area contributed by atoms with Gasteiger partial charge in [-0.25, -0.2) is 24.3 Å². The molecule has 0 spiro atoms. The molecule has 4 heterocycles. The van der Waals surface area contributed by atoms with Crippen molar-refractivity contribution >= 4 is 39.5 Å². The van der Waals surface area contributed by atoms with E-state index in [9.17, 15) is 9.18 Å². The highest BCUT2D eigenvalue weighted by atomic mass is 35.5. The molecule has 9 nitrogen and oxygen atoms in total. The summed E-state index contributed by atoms with van der Waals surface area (Å²) < 4.78 is 14.7. The van der Waals surface area contributed by atoms with Crippen LogP contribution in [0.4, 0.5) is 10.2 Å². The minimum Gasteiger partial charge on any atom is -0.382 e. The second kappa shape index (κ2) is 8.44. The number of pyridine rings is 1. The minimum atomic E-state index is -0.513. The van der Waals surface area contributed by atoms with Gasteiger partial charge < -0.3 is 10.7 Å². The summed E-state index contributed by atoms with van der Waals surface area (Å²) in [6.45, 7) is 1.88. The Morgan fingerprint density at radius 2 is 2.06 bits per heavy atom. The number of halogens is 2. The molecule has 0 aliphatic carbocycles. The molecular formula is C20H16ClFN8O. The number of nitrogens with zero attached hydrogens (tertiary/aromatic N) is 6. The normalized spacial score (nSPS) is 10.8. The summed E-state index contributed by atoms with van der Waals surface area (Å²) >= 11 is 6.11. The van der Waals surface area contributed by atoms with Crippen LogP contribution in [0.3, 0.4) is 0 Å². The molecule has 0 amide bonds. The van der Waals surface area contributed by atoms with Crippen molar-refractivity contribution in [1.82, 2.24) is 34.5 Å². The average molecular weight is 439 g/mol. The summed E-state index contributed by atoms with van der Waals surface area (Å²) in [5.41, 5.74) is 7.33. The number of benzene rings is 1. The van der Waals surface area contributed by atoms with Crippen molar-refractivity contribution in [2.75, 3.05) is 5.73 Å². The molecule has 0 radical (unpaired) electrons. The van der Waals surface area contributed by atoms with E-state index in [4.69, 9.17) is 17.3 Å². The number of imidazole rings is 1. The van der Waals surface area contributed by atoms with Crippen LogP contribution in [0.15, 0.2) is 54.1 Å². The summed E-state index contributed by atoms with van der Waals surface area (Å²) in [5.74, 6) is 0.449. The van der Waals surface area contributed by atoms with Gasteiger partial charge in [0, 0.05) is 12.5 Å². The molecule has 5 rings (SSSR count). The van der Waals surface area contributed by atoms with Crippen molar-refractivity contribution in [2.45, 2.75) is 13.3 Å². The molecule has 0 aliphatic heterocycles. The predicted octanol–water partition coefficient (Wildman–Crippen LogP) is 3.07. The van der Waals surface area contributed by atoms with Gasteiger partial charge in [-0.1, -0.05) is 24.6 Å². The summed E-state index contributed by atoms with van der Waals surface area (Å²) in [7, 11) is 0. The van der Waals surface area contributed by atoms with Crippen LogP contribution in [-0.2, 0) is 6.42 Å². The lowest BCUT2D eigenvalue weighted by molar-refractivity contribution is 0.618. The van der Waals surface area contributed by atoms with Crippen LogP contribution >= 0.6 is 11.6 Å². The standard InChI is InChI=1S/C15H11ClFN3O.C5H5N5/c1-2-13-19-12-5-3-4-11(16)14(12)15(21)20(13)10-6-9(17)7-18-8-10;6-4-3-5(9-1-7-3)10-2-8-4/h3-8H,2H2,1H3;1-2H,(H3,6,7,8,9,10). The Morgan fingerprint density at radius 3 is 2.81 bits per heavy atom. The average Bonchev–Trinajstić information content (AvgIpc) is 3.24. The smallest absolute Gasteiger partial charge is 0.267 e. The highest BCUT2D eigenvalue weighted by molar-refractivity contribution is 6.35. The number of rotatable bonds is 2. The minimum absolute atomic E-state index is 0.320. The SMILES string of the molecule is CCc1nc2cccc(Cl)c2c(=O)n1-c1cncc(F)c1.Nc1ncnc2nc[nH]c12. The van der Waals surface area contributed by atoms with E-state index in [1.165, 1.54) is 29.5 Å². The predicted molar refractivity (Wildman–Crippen MR) is 116 cm³/mol. The van der Waals surface area contributed by atoms with Crippen LogP contribution in [0.5, 0.6) is 0 Å². The van der Waals surface area contributed by atoms with Crippen molar-refractivity contribution in [1.29, 1.82) is 0 Å². The Morgan fingerprint density at radius 1 is 1.23 bits per heavy atom. The van der Waals surface area contributed by atoms with E-state index in [0.717, 1.165) is 6.20 Å². The second-order valence-corrected chi connectivity index (χ2v) is 6.78. The zero-order valence-corrected chi connectivity index (χ0v) is 17.0. The lowest BCUT2D eigenvalue weighted by atomic mass is 10.2. The van der Waals surface area contributed by atoms with E-state index in [0.29, 0.717) is 50.8 Å². The molecule has 0 bridgehead atoms. The van der Waals surface area contributed by atoms with Crippen molar-refractivity contribution < 1.29 is 4.39 Å². The highest BCUT2D eigenvalue weighted by Crippen LogP contribution is 2.20. The molecule has 0 saturated carbocycles. The number of nitrogens with one attached hydrogen (secondary N) is 1. The quantitative estimate of drug-likeness (QED) is 0.433. The lowest BCUT2D eigenvalue weighted by Crippen LogP contribution is -2.24. The van der Waals surface area contributed by atoms with Gasteiger partial charge in [0.15, 0.2) is 11.5 Å². The van der Waals surface area contributed by atoms with E-state index in [1.54, 1.807) is 18.2 Å². The third-order valence-electron chi connectivity index (χ3n) is 4.43. The number of fused-ring (bicyclic) bond motifs is 2. The first kappa shape index (κ1) is 20.4. The number of hydrogen-bond donors (Lipinski definition) is 2. The summed E-state index contributed by atoms with van der Waals surface area (Å²) in [4.78, 5) is 35.3. The Hall–Kier alpha value is -3.92. The van der Waals surface area contributed by atoms with Gasteiger partial charge in [-0.15, -0.1) is 0 Å². The van der Waals surface area contributed by atoms with Crippen LogP contribution < -0.4 is 11.3 Å². The van der Waals surface area contributed by atoms with Gasteiger partial charge in [0.1, 0.15) is 23.5 Å². The van der Waals surface area contributed by atoms with E-state index >= 15 is 0 Å². The van der Waals surface area contributed by atoms with E-state index in [1.807, 2.05) is 6.92 Å². The van der Waals surface area contributed by atoms with Gasteiger partial charge in [-0.05, 0) is 12.1 Å². The lowest BCUT2D eigenvalue weighted by Gasteiger charge is -2.12. The third kappa shape index (κ3) is 3.92. The molecule has 0 saturated heterocycles. The number of aromatic nitrogens is 7. The number of hydrogen-bond acceptors (Lipinski definition) is 7. The van der Waals surface area contributed by atoms with Gasteiger partial charge >= 0.3 is 0 Å². The van der Waals surface area contributed by atoms with Gasteiger partial charge in [0.2, 0.25) is 0 Å². The monoisotopic (exact) mass is 438 g/mol. The maximum Gasteiger partial charge on any atom is 0.267 e. The zero-order chi connectivity index (χ0) is 22.0. The molecule has 11 heteroatoms. The first-order chi connectivity index (χ1) is 15.0. The van der Waals surface area contributed by atoms with Crippen molar-refractivity contribution in [3.05, 3.63) is 76.3 Å². The van der Waals surface area contributed by atoms with Crippen LogP contribution in [0.25, 0.3) is 27.8 Å². The number of anilines is 1. The number of aromatic amines is 1. The maximum atomic E-state index is 13.4. The fourth-order valence-corrected chi connectivity index (χ4v) is 3.30. The Bertz CT molecular complexity index is 1450. The molecule has 0 fully saturated rings. The fraction of sp³-hybridized carbons (Fsp3) is 0.100. The fourth-order valence-electron chi connectivity index (χ4n) is 3.05. The van der Waals surface area contributed by atoms with Crippen LogP contribution in [0, 0.1) is 5.82 Å². The molecule has 3 N–H and O–H groups in total. The number of H-pyrrole nitrogens is 1. The first-order valence-electron chi connectivity index (χ1n) is 9.20. The Kier molecular flexibility index (Phi) is 5.54. The van der Waals surface area contributed by atoms with Gasteiger partial charge in [0.25, 0.3) is 5.56 Å². The second-order valence-electron chi connectivity index (χ2n) is 6.38. The van der Waals surface area contributed by atoms with Gasteiger partial charge in [0.05, 0.1) is 40.3 Å². The van der Waals surface area contributed by atoms with E-state index in [2.05, 4.69) is 29.9 Å². The molecular weight excluding hydrogens is 423 g/mol. The summed E-state index contributed by atoms with van der Waals surface area (Å²) in [6, 6.07) is 6.35. The van der Waals surface area contributed by atoms with E-state index in [-0.39, 0.29) is 5.56 Å². The molecule has 4 aromatic heterocycles. The van der Waals surface area contributed by atoms with Crippen LogP contribution in [-0.4, -0.2) is 34.5 Å². The Labute approximate surface area is 179 Å². The van der Waals surface area contributed by atoms with Crippen molar-refractivity contribution in [3.63, 3.8) is 0 Å². The third-order valence-corrected chi connectivity index (χ3v) is 4.75. The molecule has 156 valence electrons. The highest BCUT2D eigenvalue weighted by Gasteiger charge is 2.14. The summed E-state index contributed by atoms with van der Waals surface area (Å²) in [6.07, 6.45) is 5.96. The number of nitrogens with two attached hydrogens (primary N) is 1. The van der Waals surface area contributed by atoms with Crippen LogP contribution in [0.2, 0.25) is 5.02 Å². The molecule has 0 unspecified atom stereocenters. The molecule has 31 heavy (non-hydrogen) atoms. The van der Waals surface area contributed by atoms with Crippen molar-refractivity contribution in [3.8, 4) is 5.69 Å².